The zero-order valence-electron chi connectivity index (χ0n) is 18.2. The molecule has 0 atom stereocenters. The van der Waals surface area contributed by atoms with Crippen LogP contribution in [-0.4, -0.2) is 50.1 Å². The van der Waals surface area contributed by atoms with Crippen molar-refractivity contribution < 1.29 is 23.7 Å². The summed E-state index contributed by atoms with van der Waals surface area (Å²) in [6.07, 6.45) is 1.78. The van der Waals surface area contributed by atoms with Gasteiger partial charge in [0, 0.05) is 5.56 Å². The Bertz CT molecular complexity index is 1370. The van der Waals surface area contributed by atoms with Crippen molar-refractivity contribution in [2.75, 3.05) is 35.5 Å². The van der Waals surface area contributed by atoms with Crippen molar-refractivity contribution in [3.8, 4) is 40.1 Å². The highest BCUT2D eigenvalue weighted by molar-refractivity contribution is 7.15. The minimum atomic E-state index is -0.228. The Hall–Kier alpha value is -3.79. The van der Waals surface area contributed by atoms with E-state index in [9.17, 15) is 4.79 Å². The van der Waals surface area contributed by atoms with Crippen LogP contribution in [0.4, 0.5) is 0 Å². The molecule has 9 nitrogen and oxygen atoms in total. The molecule has 4 rings (SSSR count). The molecule has 0 saturated heterocycles. The Labute approximate surface area is 187 Å². The van der Waals surface area contributed by atoms with Crippen molar-refractivity contribution in [2.24, 2.45) is 0 Å². The molecule has 0 radical (unpaired) electrons. The fraction of sp³-hybridized carbons (Fsp3) is 0.227. The molecule has 2 aromatic carbocycles. The Morgan fingerprint density at radius 3 is 2.06 bits per heavy atom. The molecule has 0 aliphatic heterocycles. The summed E-state index contributed by atoms with van der Waals surface area (Å²) in [5.41, 5.74) is 1.18. The molecule has 10 heteroatoms. The van der Waals surface area contributed by atoms with Crippen molar-refractivity contribution in [3.63, 3.8) is 0 Å². The van der Waals surface area contributed by atoms with Gasteiger partial charge in [-0.25, -0.2) is 4.40 Å². The van der Waals surface area contributed by atoms with E-state index >= 15 is 0 Å². The van der Waals surface area contributed by atoms with Gasteiger partial charge >= 0.3 is 0 Å². The van der Waals surface area contributed by atoms with Gasteiger partial charge in [0.05, 0.1) is 40.1 Å². The van der Waals surface area contributed by atoms with Gasteiger partial charge in [0.15, 0.2) is 28.8 Å². The lowest BCUT2D eigenvalue weighted by atomic mass is 10.1. The third-order valence-electron chi connectivity index (χ3n) is 4.88. The first-order valence-corrected chi connectivity index (χ1v) is 10.3. The average molecular weight is 455 g/mol. The SMILES string of the molecule is COc1ccc(/C=c2/sc3nnc(-c4cc(OC)c(OC)c(OC)c4)n3c2=O)cc1OC. The molecule has 166 valence electrons. The molecular weight excluding hydrogens is 434 g/mol. The summed E-state index contributed by atoms with van der Waals surface area (Å²) >= 11 is 1.25. The number of hydrogen-bond acceptors (Lipinski definition) is 9. The van der Waals surface area contributed by atoms with E-state index in [0.29, 0.717) is 49.6 Å². The number of nitrogens with zero attached hydrogens (tertiary/aromatic N) is 3. The van der Waals surface area contributed by atoms with E-state index < -0.39 is 0 Å². The molecule has 0 spiro atoms. The van der Waals surface area contributed by atoms with E-state index in [4.69, 9.17) is 23.7 Å². The molecule has 0 saturated carbocycles. The van der Waals surface area contributed by atoms with Crippen molar-refractivity contribution in [2.45, 2.75) is 0 Å². The van der Waals surface area contributed by atoms with Crippen LogP contribution in [0.25, 0.3) is 22.4 Å². The smallest absolute Gasteiger partial charge is 0.276 e. The summed E-state index contributed by atoms with van der Waals surface area (Å²) in [5, 5.41) is 8.40. The predicted molar refractivity (Wildman–Crippen MR) is 121 cm³/mol. The zero-order valence-corrected chi connectivity index (χ0v) is 19.0. The fourth-order valence-electron chi connectivity index (χ4n) is 3.35. The van der Waals surface area contributed by atoms with Crippen molar-refractivity contribution >= 4 is 22.4 Å². The molecule has 0 N–H and O–H groups in total. The molecule has 0 aliphatic rings. The third-order valence-corrected chi connectivity index (χ3v) is 5.84. The van der Waals surface area contributed by atoms with Gasteiger partial charge in [0.2, 0.25) is 10.7 Å². The van der Waals surface area contributed by atoms with E-state index in [1.54, 1.807) is 44.6 Å². The van der Waals surface area contributed by atoms with Gasteiger partial charge in [0.25, 0.3) is 5.56 Å². The Morgan fingerprint density at radius 1 is 0.812 bits per heavy atom. The zero-order chi connectivity index (χ0) is 22.8. The number of rotatable bonds is 7. The van der Waals surface area contributed by atoms with Gasteiger partial charge in [-0.1, -0.05) is 17.4 Å². The van der Waals surface area contributed by atoms with Gasteiger partial charge in [-0.15, -0.1) is 10.2 Å². The molecule has 2 heterocycles. The molecule has 0 fully saturated rings. The Kier molecular flexibility index (Phi) is 5.87. The van der Waals surface area contributed by atoms with Crippen LogP contribution < -0.4 is 33.8 Å². The standard InChI is InChI=1S/C22H21N3O6S/c1-27-14-7-6-12(8-15(14)28-2)9-18-21(26)25-20(23-24-22(25)32-18)13-10-16(29-3)19(31-5)17(11-13)30-4/h6-11H,1-5H3/b18-9+. The van der Waals surface area contributed by atoms with E-state index in [-0.39, 0.29) is 5.56 Å². The molecular formula is C22H21N3O6S. The van der Waals surface area contributed by atoms with Gasteiger partial charge in [0.1, 0.15) is 0 Å². The quantitative estimate of drug-likeness (QED) is 0.420. The highest BCUT2D eigenvalue weighted by Crippen LogP contribution is 2.40. The van der Waals surface area contributed by atoms with Gasteiger partial charge in [-0.05, 0) is 35.9 Å². The summed E-state index contributed by atoms with van der Waals surface area (Å²) in [5.74, 6) is 2.94. The lowest BCUT2D eigenvalue weighted by molar-refractivity contribution is 0.324. The first kappa shape index (κ1) is 21.4. The molecule has 0 bridgehead atoms. The number of fused-ring (bicyclic) bond motifs is 1. The number of methoxy groups -OCH3 is 5. The topological polar surface area (TPSA) is 93.4 Å². The summed E-state index contributed by atoms with van der Waals surface area (Å²) in [6.45, 7) is 0. The summed E-state index contributed by atoms with van der Waals surface area (Å²) in [4.78, 5) is 13.7. The number of thiazole rings is 1. The Morgan fingerprint density at radius 2 is 1.47 bits per heavy atom. The van der Waals surface area contributed by atoms with Gasteiger partial charge < -0.3 is 23.7 Å². The second kappa shape index (κ2) is 8.75. The van der Waals surface area contributed by atoms with Crippen LogP contribution in [-0.2, 0) is 0 Å². The first-order chi connectivity index (χ1) is 15.5. The highest BCUT2D eigenvalue weighted by Gasteiger charge is 2.19. The van der Waals surface area contributed by atoms with Crippen LogP contribution in [0, 0.1) is 0 Å². The maximum atomic E-state index is 13.2. The van der Waals surface area contributed by atoms with Crippen LogP contribution in [0.5, 0.6) is 28.7 Å². The van der Waals surface area contributed by atoms with Gasteiger partial charge in [-0.2, -0.15) is 0 Å². The lowest BCUT2D eigenvalue weighted by Crippen LogP contribution is -2.23. The minimum absolute atomic E-state index is 0.228. The third kappa shape index (κ3) is 3.58. The monoisotopic (exact) mass is 455 g/mol. The molecule has 0 aliphatic carbocycles. The molecule has 0 amide bonds. The fourth-order valence-corrected chi connectivity index (χ4v) is 4.27. The number of ether oxygens (including phenoxy) is 5. The van der Waals surface area contributed by atoms with Gasteiger partial charge in [-0.3, -0.25) is 4.79 Å². The Balaban J connectivity index is 1.87. The molecule has 32 heavy (non-hydrogen) atoms. The van der Waals surface area contributed by atoms with E-state index in [0.717, 1.165) is 5.56 Å². The maximum Gasteiger partial charge on any atom is 0.276 e. The molecule has 2 aromatic heterocycles. The summed E-state index contributed by atoms with van der Waals surface area (Å²) in [7, 11) is 7.72. The van der Waals surface area contributed by atoms with Crippen LogP contribution in [0.15, 0.2) is 35.1 Å². The lowest BCUT2D eigenvalue weighted by Gasteiger charge is -2.13. The van der Waals surface area contributed by atoms with Crippen molar-refractivity contribution in [1.29, 1.82) is 0 Å². The largest absolute Gasteiger partial charge is 0.493 e. The average Bonchev–Trinajstić information content (AvgIpc) is 3.37. The van der Waals surface area contributed by atoms with Crippen LogP contribution in [0.2, 0.25) is 0 Å². The van der Waals surface area contributed by atoms with E-state index in [1.807, 2.05) is 6.07 Å². The maximum absolute atomic E-state index is 13.2. The normalized spacial score (nSPS) is 11.6. The van der Waals surface area contributed by atoms with E-state index in [2.05, 4.69) is 10.2 Å². The second-order valence-corrected chi connectivity index (χ2v) is 7.59. The number of aromatic nitrogens is 3. The minimum Gasteiger partial charge on any atom is -0.493 e. The summed E-state index contributed by atoms with van der Waals surface area (Å²) in [6, 6.07) is 8.90. The molecule has 4 aromatic rings. The highest BCUT2D eigenvalue weighted by atomic mass is 32.1. The first-order valence-electron chi connectivity index (χ1n) is 9.46. The van der Waals surface area contributed by atoms with E-state index in [1.165, 1.54) is 37.1 Å². The van der Waals surface area contributed by atoms with Crippen molar-refractivity contribution in [3.05, 3.63) is 50.8 Å². The second-order valence-electron chi connectivity index (χ2n) is 6.59. The molecule has 0 unspecified atom stereocenters. The van der Waals surface area contributed by atoms with Crippen LogP contribution >= 0.6 is 11.3 Å². The van der Waals surface area contributed by atoms with Crippen LogP contribution in [0.1, 0.15) is 5.56 Å². The van der Waals surface area contributed by atoms with Crippen molar-refractivity contribution in [1.82, 2.24) is 14.6 Å². The summed E-state index contributed by atoms with van der Waals surface area (Å²) < 4.78 is 28.8. The predicted octanol–water partition coefficient (Wildman–Crippen LogP) is 2.41. The number of benzene rings is 2. The number of hydrogen-bond donors (Lipinski definition) is 0. The van der Waals surface area contributed by atoms with Crippen LogP contribution in [0.3, 0.4) is 0 Å².